The molecule has 0 bridgehead atoms. The lowest BCUT2D eigenvalue weighted by molar-refractivity contribution is -0.134. The first-order valence-corrected chi connectivity index (χ1v) is 7.73. The fraction of sp³-hybridized carbons (Fsp3) is 0.0526. The Bertz CT molecular complexity index is 839. The van der Waals surface area contributed by atoms with E-state index in [2.05, 4.69) is 15.3 Å². The van der Waals surface area contributed by atoms with Gasteiger partial charge in [0.1, 0.15) is 0 Å². The Balaban J connectivity index is 1.83. The lowest BCUT2D eigenvalue weighted by Gasteiger charge is -2.22. The van der Waals surface area contributed by atoms with Gasteiger partial charge in [0, 0.05) is 18.1 Å². The van der Waals surface area contributed by atoms with Gasteiger partial charge < -0.3 is 0 Å². The van der Waals surface area contributed by atoms with E-state index < -0.39 is 11.8 Å². The number of para-hydroxylation sites is 1. The minimum Gasteiger partial charge on any atom is -0.300 e. The fourth-order valence-electron chi connectivity index (χ4n) is 2.30. The van der Waals surface area contributed by atoms with Crippen LogP contribution in [0.25, 0.3) is 0 Å². The van der Waals surface area contributed by atoms with Crippen LogP contribution in [0.3, 0.4) is 0 Å². The Hall–Kier alpha value is -3.54. The molecule has 0 aliphatic heterocycles. The van der Waals surface area contributed by atoms with Crippen molar-refractivity contribution in [2.45, 2.75) is 6.54 Å². The summed E-state index contributed by atoms with van der Waals surface area (Å²) in [7, 11) is 0. The van der Waals surface area contributed by atoms with Crippen LogP contribution >= 0.6 is 0 Å². The summed E-state index contributed by atoms with van der Waals surface area (Å²) in [6.07, 6.45) is 2.98. The summed E-state index contributed by atoms with van der Waals surface area (Å²) in [5.74, 6) is -1.37. The Kier molecular flexibility index (Phi) is 5.11. The predicted molar refractivity (Wildman–Crippen MR) is 94.7 cm³/mol. The second kappa shape index (κ2) is 7.83. The molecular weight excluding hydrogens is 316 g/mol. The smallest absolute Gasteiger partial charge is 0.300 e. The number of hydrogen-bond acceptors (Lipinski definition) is 4. The number of carbonyl (C=O) groups excluding carboxylic acids is 2. The zero-order valence-corrected chi connectivity index (χ0v) is 13.4. The summed E-state index contributed by atoms with van der Waals surface area (Å²) < 4.78 is 0. The van der Waals surface area contributed by atoms with Crippen molar-refractivity contribution in [1.82, 2.24) is 9.97 Å². The monoisotopic (exact) mass is 332 g/mol. The van der Waals surface area contributed by atoms with Gasteiger partial charge in [0.25, 0.3) is 0 Å². The second-order valence-corrected chi connectivity index (χ2v) is 5.24. The first kappa shape index (κ1) is 16.3. The van der Waals surface area contributed by atoms with Crippen LogP contribution in [-0.4, -0.2) is 21.8 Å². The Morgan fingerprint density at radius 2 is 1.44 bits per heavy atom. The van der Waals surface area contributed by atoms with Crippen LogP contribution in [0.4, 0.5) is 11.6 Å². The maximum Gasteiger partial charge on any atom is 0.317 e. The Morgan fingerprint density at radius 1 is 0.840 bits per heavy atom. The largest absolute Gasteiger partial charge is 0.317 e. The fourth-order valence-corrected chi connectivity index (χ4v) is 2.30. The van der Waals surface area contributed by atoms with E-state index in [0.29, 0.717) is 5.69 Å². The molecule has 6 heteroatoms. The molecule has 0 aliphatic carbocycles. The normalized spacial score (nSPS) is 10.1. The number of aromatic nitrogens is 2. The first-order valence-electron chi connectivity index (χ1n) is 7.73. The summed E-state index contributed by atoms with van der Waals surface area (Å²) >= 11 is 0. The van der Waals surface area contributed by atoms with Gasteiger partial charge in [0.15, 0.2) is 0 Å². The molecule has 6 nitrogen and oxygen atoms in total. The number of carbonyl (C=O) groups is 2. The van der Waals surface area contributed by atoms with Gasteiger partial charge in [0.05, 0.1) is 6.54 Å². The third-order valence-electron chi connectivity index (χ3n) is 3.48. The molecule has 3 rings (SSSR count). The molecule has 3 aromatic rings. The molecule has 1 heterocycles. The van der Waals surface area contributed by atoms with E-state index >= 15 is 0 Å². The van der Waals surface area contributed by atoms with Crippen molar-refractivity contribution in [2.24, 2.45) is 0 Å². The van der Waals surface area contributed by atoms with E-state index in [1.165, 1.54) is 17.3 Å². The highest BCUT2D eigenvalue weighted by Crippen LogP contribution is 2.17. The third-order valence-corrected chi connectivity index (χ3v) is 3.48. The zero-order chi connectivity index (χ0) is 17.5. The Labute approximate surface area is 145 Å². The molecule has 0 saturated heterocycles. The highest BCUT2D eigenvalue weighted by atomic mass is 16.2. The number of nitrogens with one attached hydrogen (secondary N) is 1. The molecule has 0 aliphatic rings. The molecule has 2 aromatic carbocycles. The molecule has 0 radical (unpaired) electrons. The van der Waals surface area contributed by atoms with Crippen molar-refractivity contribution in [3.63, 3.8) is 0 Å². The van der Waals surface area contributed by atoms with Crippen LogP contribution in [0, 0.1) is 0 Å². The number of amides is 2. The predicted octanol–water partition coefficient (Wildman–Crippen LogP) is 2.65. The van der Waals surface area contributed by atoms with Gasteiger partial charge in [-0.1, -0.05) is 48.5 Å². The minimum atomic E-state index is -0.786. The standard InChI is InChI=1S/C19H16N4O2/c24-17(22-19-20-12-7-13-21-19)18(25)23(16-10-5-2-6-11-16)14-15-8-3-1-4-9-15/h1-13H,14H2,(H,20,21,22,24). The molecule has 1 aromatic heterocycles. The van der Waals surface area contributed by atoms with Crippen LogP contribution < -0.4 is 10.2 Å². The molecule has 1 N–H and O–H groups in total. The summed E-state index contributed by atoms with van der Waals surface area (Å²) in [4.78, 5) is 34.3. The third kappa shape index (κ3) is 4.26. The van der Waals surface area contributed by atoms with Crippen molar-refractivity contribution >= 4 is 23.5 Å². The van der Waals surface area contributed by atoms with Crippen LogP contribution in [0.1, 0.15) is 5.56 Å². The molecule has 25 heavy (non-hydrogen) atoms. The van der Waals surface area contributed by atoms with Crippen LogP contribution in [-0.2, 0) is 16.1 Å². The van der Waals surface area contributed by atoms with Gasteiger partial charge in [-0.2, -0.15) is 0 Å². The first-order chi connectivity index (χ1) is 12.2. The number of rotatable bonds is 4. The lowest BCUT2D eigenvalue weighted by atomic mass is 10.2. The van der Waals surface area contributed by atoms with Gasteiger partial charge in [-0.25, -0.2) is 9.97 Å². The summed E-state index contributed by atoms with van der Waals surface area (Å²) in [6.45, 7) is 0.284. The van der Waals surface area contributed by atoms with Crippen molar-refractivity contribution in [1.29, 1.82) is 0 Å². The maximum absolute atomic E-state index is 12.7. The lowest BCUT2D eigenvalue weighted by Crippen LogP contribution is -2.39. The van der Waals surface area contributed by atoms with E-state index in [4.69, 9.17) is 0 Å². The van der Waals surface area contributed by atoms with Gasteiger partial charge in [-0.3, -0.25) is 19.8 Å². The molecule has 0 spiro atoms. The molecule has 124 valence electrons. The second-order valence-electron chi connectivity index (χ2n) is 5.24. The van der Waals surface area contributed by atoms with E-state index in [-0.39, 0.29) is 12.5 Å². The van der Waals surface area contributed by atoms with Crippen molar-refractivity contribution in [3.8, 4) is 0 Å². The van der Waals surface area contributed by atoms with E-state index in [1.54, 1.807) is 18.2 Å². The van der Waals surface area contributed by atoms with E-state index in [1.807, 2.05) is 48.5 Å². The Morgan fingerprint density at radius 3 is 2.08 bits per heavy atom. The quantitative estimate of drug-likeness (QED) is 0.745. The van der Waals surface area contributed by atoms with Gasteiger partial charge >= 0.3 is 11.8 Å². The average molecular weight is 332 g/mol. The maximum atomic E-state index is 12.7. The molecular formula is C19H16N4O2. The van der Waals surface area contributed by atoms with Gasteiger partial charge in [-0.05, 0) is 23.8 Å². The summed E-state index contributed by atoms with van der Waals surface area (Å²) in [6, 6.07) is 20.2. The van der Waals surface area contributed by atoms with E-state index in [9.17, 15) is 9.59 Å². The van der Waals surface area contributed by atoms with Crippen molar-refractivity contribution in [2.75, 3.05) is 10.2 Å². The highest BCUT2D eigenvalue weighted by molar-refractivity contribution is 6.44. The number of nitrogens with zero attached hydrogens (tertiary/aromatic N) is 3. The zero-order valence-electron chi connectivity index (χ0n) is 13.4. The molecule has 0 fully saturated rings. The van der Waals surface area contributed by atoms with Crippen LogP contribution in [0.15, 0.2) is 79.1 Å². The molecule has 2 amide bonds. The van der Waals surface area contributed by atoms with Gasteiger partial charge in [-0.15, -0.1) is 0 Å². The highest BCUT2D eigenvalue weighted by Gasteiger charge is 2.24. The summed E-state index contributed by atoms with van der Waals surface area (Å²) in [5.41, 5.74) is 1.56. The average Bonchev–Trinajstić information content (AvgIpc) is 2.68. The number of anilines is 2. The van der Waals surface area contributed by atoms with Crippen molar-refractivity contribution < 1.29 is 9.59 Å². The van der Waals surface area contributed by atoms with Gasteiger partial charge in [0.2, 0.25) is 5.95 Å². The molecule has 0 atom stereocenters. The number of hydrogen-bond donors (Lipinski definition) is 1. The van der Waals surface area contributed by atoms with Crippen LogP contribution in [0.5, 0.6) is 0 Å². The SMILES string of the molecule is O=C(Nc1ncccn1)C(=O)N(Cc1ccccc1)c1ccccc1. The van der Waals surface area contributed by atoms with Crippen LogP contribution in [0.2, 0.25) is 0 Å². The van der Waals surface area contributed by atoms with Crippen molar-refractivity contribution in [3.05, 3.63) is 84.7 Å². The molecule has 0 saturated carbocycles. The minimum absolute atomic E-state index is 0.0913. The van der Waals surface area contributed by atoms with E-state index in [0.717, 1.165) is 5.56 Å². The number of benzene rings is 2. The summed E-state index contributed by atoms with van der Waals surface area (Å²) in [5, 5.41) is 2.43. The molecule has 0 unspecified atom stereocenters. The topological polar surface area (TPSA) is 75.2 Å².